The van der Waals surface area contributed by atoms with Gasteiger partial charge < -0.3 is 15.0 Å². The minimum Gasteiger partial charge on any atom is -0.494 e. The van der Waals surface area contributed by atoms with Gasteiger partial charge in [-0.05, 0) is 87.2 Å². The lowest BCUT2D eigenvalue weighted by Gasteiger charge is -2.34. The summed E-state index contributed by atoms with van der Waals surface area (Å²) in [6, 6.07) is 17.8. The van der Waals surface area contributed by atoms with Crippen molar-refractivity contribution >= 4 is 27.5 Å². The van der Waals surface area contributed by atoms with Gasteiger partial charge >= 0.3 is 0 Å². The normalized spacial score (nSPS) is 14.5. The van der Waals surface area contributed by atoms with Gasteiger partial charge in [-0.25, -0.2) is 12.8 Å². The Kier molecular flexibility index (Phi) is 11.4. The molecule has 236 valence electrons. The molecule has 2 amide bonds. The number of hydrogen-bond acceptors (Lipinski definition) is 5. The highest BCUT2D eigenvalue weighted by Crippen LogP contribution is 2.27. The van der Waals surface area contributed by atoms with Crippen LogP contribution in [0.4, 0.5) is 10.1 Å². The van der Waals surface area contributed by atoms with Crippen molar-refractivity contribution in [2.45, 2.75) is 82.8 Å². The zero-order valence-electron chi connectivity index (χ0n) is 25.7. The van der Waals surface area contributed by atoms with E-state index in [1.54, 1.807) is 12.1 Å². The van der Waals surface area contributed by atoms with Crippen LogP contribution in [0.2, 0.25) is 0 Å². The molecule has 1 N–H and O–H groups in total. The fraction of sp³-hybridized carbons (Fsp3) is 0.412. The number of amides is 2. The first-order valence-corrected chi connectivity index (χ1v) is 16.7. The van der Waals surface area contributed by atoms with E-state index in [0.717, 1.165) is 59.7 Å². The van der Waals surface area contributed by atoms with Crippen molar-refractivity contribution in [2.24, 2.45) is 0 Å². The maximum absolute atomic E-state index is 14.2. The van der Waals surface area contributed by atoms with Crippen LogP contribution in [0.15, 0.2) is 77.7 Å². The Morgan fingerprint density at radius 3 is 2.27 bits per heavy atom. The molecule has 1 aliphatic rings. The van der Waals surface area contributed by atoms with E-state index in [-0.39, 0.29) is 29.1 Å². The Labute approximate surface area is 260 Å². The molecular weight excluding hydrogens is 581 g/mol. The van der Waals surface area contributed by atoms with Crippen LogP contribution in [0.25, 0.3) is 0 Å². The van der Waals surface area contributed by atoms with Crippen molar-refractivity contribution in [3.63, 3.8) is 0 Å². The molecule has 0 bridgehead atoms. The minimum absolute atomic E-state index is 0.0506. The molecular formula is C34H42FN3O5S. The number of carbonyl (C=O) groups excluding carboxylic acids is 2. The number of hydrogen-bond donors (Lipinski definition) is 1. The number of nitrogens with zero attached hydrogens (tertiary/aromatic N) is 2. The van der Waals surface area contributed by atoms with Gasteiger partial charge in [0.15, 0.2) is 0 Å². The summed E-state index contributed by atoms with van der Waals surface area (Å²) in [4.78, 5) is 29.3. The van der Waals surface area contributed by atoms with E-state index < -0.39 is 34.3 Å². The van der Waals surface area contributed by atoms with Gasteiger partial charge in [0.2, 0.25) is 11.8 Å². The summed E-state index contributed by atoms with van der Waals surface area (Å²) < 4.78 is 48.4. The van der Waals surface area contributed by atoms with Gasteiger partial charge in [-0.15, -0.1) is 0 Å². The first-order valence-electron chi connectivity index (χ1n) is 15.3. The van der Waals surface area contributed by atoms with Crippen LogP contribution in [0, 0.1) is 12.7 Å². The number of sulfonamides is 1. The minimum atomic E-state index is -4.27. The molecule has 0 saturated heterocycles. The highest BCUT2D eigenvalue weighted by molar-refractivity contribution is 7.92. The number of aryl methyl sites for hydroxylation is 1. The van der Waals surface area contributed by atoms with Gasteiger partial charge in [0.05, 0.1) is 17.2 Å². The number of halogens is 1. The van der Waals surface area contributed by atoms with Crippen molar-refractivity contribution in [2.75, 3.05) is 17.5 Å². The van der Waals surface area contributed by atoms with Gasteiger partial charge in [-0.3, -0.25) is 13.9 Å². The predicted octanol–water partition coefficient (Wildman–Crippen LogP) is 5.98. The van der Waals surface area contributed by atoms with Crippen LogP contribution in [-0.2, 0) is 26.2 Å². The average Bonchev–Trinajstić information content (AvgIpc) is 3.01. The lowest BCUT2D eigenvalue weighted by Crippen LogP contribution is -2.54. The monoisotopic (exact) mass is 623 g/mol. The predicted molar refractivity (Wildman–Crippen MR) is 169 cm³/mol. The summed E-state index contributed by atoms with van der Waals surface area (Å²) in [5.74, 6) is -0.820. The number of ether oxygens (including phenoxy) is 1. The topological polar surface area (TPSA) is 96.0 Å². The third-order valence-electron chi connectivity index (χ3n) is 7.89. The molecule has 4 rings (SSSR count). The molecule has 1 aliphatic carbocycles. The molecule has 3 aromatic rings. The molecule has 0 radical (unpaired) electrons. The van der Waals surface area contributed by atoms with Gasteiger partial charge in [-0.1, -0.05) is 56.0 Å². The first kappa shape index (κ1) is 33.0. The summed E-state index contributed by atoms with van der Waals surface area (Å²) in [7, 11) is -4.27. The van der Waals surface area contributed by atoms with E-state index in [9.17, 15) is 22.4 Å². The summed E-state index contributed by atoms with van der Waals surface area (Å²) in [5, 5.41) is 3.15. The zero-order valence-corrected chi connectivity index (χ0v) is 26.5. The van der Waals surface area contributed by atoms with Crippen molar-refractivity contribution in [1.82, 2.24) is 10.2 Å². The summed E-state index contributed by atoms with van der Waals surface area (Å²) in [5.41, 5.74) is 1.95. The van der Waals surface area contributed by atoms with Crippen LogP contribution in [-0.4, -0.2) is 50.4 Å². The average molecular weight is 624 g/mol. The molecule has 3 aromatic carbocycles. The second-order valence-electron chi connectivity index (χ2n) is 11.2. The zero-order chi connectivity index (χ0) is 31.7. The maximum atomic E-state index is 14.2. The second-order valence-corrected chi connectivity index (χ2v) is 13.0. The number of benzene rings is 3. The molecule has 0 heterocycles. The Morgan fingerprint density at radius 1 is 0.977 bits per heavy atom. The van der Waals surface area contributed by atoms with E-state index >= 15 is 0 Å². The summed E-state index contributed by atoms with van der Waals surface area (Å²) in [6.45, 7) is 5.58. The van der Waals surface area contributed by atoms with Crippen LogP contribution >= 0.6 is 0 Å². The smallest absolute Gasteiger partial charge is 0.264 e. The molecule has 0 aromatic heterocycles. The molecule has 10 heteroatoms. The van der Waals surface area contributed by atoms with Crippen LogP contribution in [0.3, 0.4) is 0 Å². The van der Waals surface area contributed by atoms with Gasteiger partial charge in [-0.2, -0.15) is 0 Å². The van der Waals surface area contributed by atoms with Crippen molar-refractivity contribution in [3.8, 4) is 5.75 Å². The standard InChI is InChI=1S/C34H42FN3O5S/c1-4-32(34(40)36-28-12-7-6-8-13-28)37(23-26-11-9-10-25(3)22-26)33(39)24-38(29-16-14-27(35)15-17-29)44(41,42)31-20-18-30(19-21-31)43-5-2/h9-11,14-22,28,32H,4-8,12-13,23-24H2,1-3H3,(H,36,40). The fourth-order valence-corrected chi connectivity index (χ4v) is 7.02. The molecule has 44 heavy (non-hydrogen) atoms. The van der Waals surface area contributed by atoms with E-state index in [4.69, 9.17) is 4.74 Å². The van der Waals surface area contributed by atoms with E-state index in [1.165, 1.54) is 29.2 Å². The lowest BCUT2D eigenvalue weighted by molar-refractivity contribution is -0.140. The number of nitrogens with one attached hydrogen (secondary N) is 1. The SMILES string of the molecule is CCOc1ccc(S(=O)(=O)N(CC(=O)N(Cc2cccc(C)c2)C(CC)C(=O)NC2CCCCC2)c2ccc(F)cc2)cc1. The Bertz CT molecular complexity index is 1510. The first-order chi connectivity index (χ1) is 21.1. The highest BCUT2D eigenvalue weighted by Gasteiger charge is 2.34. The molecule has 1 unspecified atom stereocenters. The number of anilines is 1. The molecule has 0 spiro atoms. The molecule has 1 fully saturated rings. The van der Waals surface area contributed by atoms with Gasteiger partial charge in [0.1, 0.15) is 24.2 Å². The largest absolute Gasteiger partial charge is 0.494 e. The number of carbonyl (C=O) groups is 2. The lowest BCUT2D eigenvalue weighted by atomic mass is 9.95. The Morgan fingerprint density at radius 2 is 1.66 bits per heavy atom. The van der Waals surface area contributed by atoms with Gasteiger partial charge in [0, 0.05) is 12.6 Å². The molecule has 0 aliphatic heterocycles. The van der Waals surface area contributed by atoms with E-state index in [2.05, 4.69) is 5.32 Å². The van der Waals surface area contributed by atoms with E-state index in [1.807, 2.05) is 45.0 Å². The summed E-state index contributed by atoms with van der Waals surface area (Å²) >= 11 is 0. The van der Waals surface area contributed by atoms with Crippen molar-refractivity contribution in [1.29, 1.82) is 0 Å². The van der Waals surface area contributed by atoms with Crippen LogP contribution in [0.5, 0.6) is 5.75 Å². The Hall–Kier alpha value is -3.92. The third-order valence-corrected chi connectivity index (χ3v) is 9.68. The quantitative estimate of drug-likeness (QED) is 0.253. The fourth-order valence-electron chi connectivity index (χ4n) is 5.61. The summed E-state index contributed by atoms with van der Waals surface area (Å²) in [6.07, 6.45) is 5.37. The Balaban J connectivity index is 1.70. The van der Waals surface area contributed by atoms with Crippen molar-refractivity contribution in [3.05, 3.63) is 89.7 Å². The third kappa shape index (κ3) is 8.37. The molecule has 1 saturated carbocycles. The van der Waals surface area contributed by atoms with Crippen molar-refractivity contribution < 1.29 is 27.1 Å². The molecule has 1 atom stereocenters. The molecule has 8 nitrogen and oxygen atoms in total. The second kappa shape index (κ2) is 15.2. The maximum Gasteiger partial charge on any atom is 0.264 e. The van der Waals surface area contributed by atoms with Crippen LogP contribution in [0.1, 0.15) is 63.5 Å². The number of rotatable bonds is 13. The van der Waals surface area contributed by atoms with Crippen LogP contribution < -0.4 is 14.4 Å². The van der Waals surface area contributed by atoms with Gasteiger partial charge in [0.25, 0.3) is 10.0 Å². The highest BCUT2D eigenvalue weighted by atomic mass is 32.2. The van der Waals surface area contributed by atoms with E-state index in [0.29, 0.717) is 18.8 Å².